The van der Waals surface area contributed by atoms with Crippen LogP contribution in [0.15, 0.2) is 47.5 Å². The third-order valence-electron chi connectivity index (χ3n) is 4.46. The quantitative estimate of drug-likeness (QED) is 0.705. The van der Waals surface area contributed by atoms with Crippen molar-refractivity contribution in [1.82, 2.24) is 24.6 Å². The van der Waals surface area contributed by atoms with Gasteiger partial charge in [-0.1, -0.05) is 12.1 Å². The smallest absolute Gasteiger partial charge is 0.348 e. The van der Waals surface area contributed by atoms with Gasteiger partial charge in [0.25, 0.3) is 0 Å². The first-order valence-electron chi connectivity index (χ1n) is 8.91. The molecule has 2 aromatic heterocycles. The lowest BCUT2D eigenvalue weighted by Gasteiger charge is -2.14. The fourth-order valence-electron chi connectivity index (χ4n) is 2.99. The number of carbonyl (C=O) groups excluding carboxylic acids is 1. The zero-order valence-corrected chi connectivity index (χ0v) is 16.3. The number of para-hydroxylation sites is 2. The Hall–Kier alpha value is -3.42. The number of aryl methyl sites for hydroxylation is 2. The summed E-state index contributed by atoms with van der Waals surface area (Å²) in [5, 5.41) is 7.26. The van der Waals surface area contributed by atoms with E-state index in [0.29, 0.717) is 17.1 Å². The molecule has 8 nitrogen and oxygen atoms in total. The van der Waals surface area contributed by atoms with Gasteiger partial charge in [-0.2, -0.15) is 10.1 Å². The third kappa shape index (κ3) is 4.11. The van der Waals surface area contributed by atoms with Gasteiger partial charge >= 0.3 is 5.69 Å². The Morgan fingerprint density at radius 2 is 2.04 bits per heavy atom. The molecule has 1 N–H and O–H groups in total. The largest absolute Gasteiger partial charge is 0.494 e. The molecule has 0 saturated carbocycles. The fraction of sp³-hybridized carbons (Fsp3) is 0.300. The van der Waals surface area contributed by atoms with Gasteiger partial charge in [-0.25, -0.2) is 9.48 Å². The molecule has 1 unspecified atom stereocenters. The zero-order valence-electron chi connectivity index (χ0n) is 16.3. The van der Waals surface area contributed by atoms with E-state index in [1.165, 1.54) is 4.57 Å². The molecule has 0 saturated heterocycles. The van der Waals surface area contributed by atoms with Crippen LogP contribution in [0.3, 0.4) is 0 Å². The van der Waals surface area contributed by atoms with Gasteiger partial charge in [0.05, 0.1) is 19.3 Å². The molecule has 0 fully saturated rings. The Morgan fingerprint density at radius 1 is 1.29 bits per heavy atom. The Labute approximate surface area is 162 Å². The predicted octanol–water partition coefficient (Wildman–Crippen LogP) is 1.93. The van der Waals surface area contributed by atoms with Gasteiger partial charge in [-0.3, -0.25) is 9.36 Å². The van der Waals surface area contributed by atoms with E-state index < -0.39 is 5.69 Å². The average Bonchev–Trinajstić information content (AvgIpc) is 3.14. The highest BCUT2D eigenvalue weighted by Crippen LogP contribution is 2.22. The van der Waals surface area contributed by atoms with Crippen molar-refractivity contribution in [2.24, 2.45) is 0 Å². The van der Waals surface area contributed by atoms with Crippen molar-refractivity contribution in [3.05, 3.63) is 70.2 Å². The standard InChI is InChI=1S/C20H23N5O3/c1-13-9-14(2)24(20(27)22-13)12-19(26)23-15(3)16-10-21-25(11-16)17-7-5-6-8-18(17)28-4/h5-11,15H,12H2,1-4H3,(H,23,26). The molecule has 0 radical (unpaired) electrons. The summed E-state index contributed by atoms with van der Waals surface area (Å²) in [7, 11) is 1.61. The highest BCUT2D eigenvalue weighted by atomic mass is 16.5. The van der Waals surface area contributed by atoms with Crippen molar-refractivity contribution < 1.29 is 9.53 Å². The predicted molar refractivity (Wildman–Crippen MR) is 105 cm³/mol. The van der Waals surface area contributed by atoms with E-state index in [1.54, 1.807) is 37.9 Å². The fourth-order valence-corrected chi connectivity index (χ4v) is 2.99. The second-order valence-corrected chi connectivity index (χ2v) is 6.59. The summed E-state index contributed by atoms with van der Waals surface area (Å²) in [6, 6.07) is 9.05. The van der Waals surface area contributed by atoms with Crippen LogP contribution in [0.4, 0.5) is 0 Å². The van der Waals surface area contributed by atoms with Gasteiger partial charge in [0.15, 0.2) is 0 Å². The number of ether oxygens (including phenoxy) is 1. The van der Waals surface area contributed by atoms with Gasteiger partial charge in [0.1, 0.15) is 18.0 Å². The van der Waals surface area contributed by atoms with Gasteiger partial charge < -0.3 is 10.1 Å². The molecule has 146 valence electrons. The minimum atomic E-state index is -0.427. The number of hydrogen-bond acceptors (Lipinski definition) is 5. The molecule has 1 atom stereocenters. The van der Waals surface area contributed by atoms with Crippen LogP contribution in [-0.4, -0.2) is 32.3 Å². The van der Waals surface area contributed by atoms with E-state index in [4.69, 9.17) is 4.74 Å². The molecule has 0 aliphatic rings. The first-order valence-corrected chi connectivity index (χ1v) is 8.91. The highest BCUT2D eigenvalue weighted by Gasteiger charge is 2.15. The number of carbonyl (C=O) groups is 1. The number of rotatable bonds is 6. The number of hydrogen-bond donors (Lipinski definition) is 1. The van der Waals surface area contributed by atoms with Gasteiger partial charge in [0.2, 0.25) is 5.91 Å². The van der Waals surface area contributed by atoms with Crippen molar-refractivity contribution in [3.63, 3.8) is 0 Å². The maximum atomic E-state index is 12.4. The van der Waals surface area contributed by atoms with E-state index in [2.05, 4.69) is 15.4 Å². The summed E-state index contributed by atoms with van der Waals surface area (Å²) in [5.74, 6) is 0.434. The summed E-state index contributed by atoms with van der Waals surface area (Å²) in [5.41, 5.74) is 2.55. The van der Waals surface area contributed by atoms with Crippen LogP contribution < -0.4 is 15.7 Å². The normalized spacial score (nSPS) is 11.9. The molecule has 3 rings (SSSR count). The Morgan fingerprint density at radius 3 is 2.75 bits per heavy atom. The second kappa shape index (κ2) is 8.08. The lowest BCUT2D eigenvalue weighted by atomic mass is 10.2. The SMILES string of the molecule is COc1ccccc1-n1cc(C(C)NC(=O)Cn2c(C)cc(C)nc2=O)cn1. The lowest BCUT2D eigenvalue weighted by Crippen LogP contribution is -2.35. The van der Waals surface area contributed by atoms with Crippen molar-refractivity contribution in [2.45, 2.75) is 33.4 Å². The van der Waals surface area contributed by atoms with Crippen LogP contribution in [0, 0.1) is 13.8 Å². The average molecular weight is 381 g/mol. The molecule has 8 heteroatoms. The maximum Gasteiger partial charge on any atom is 0.348 e. The van der Waals surface area contributed by atoms with Crippen molar-refractivity contribution in [3.8, 4) is 11.4 Å². The molecule has 1 amide bonds. The summed E-state index contributed by atoms with van der Waals surface area (Å²) in [6.45, 7) is 5.32. The van der Waals surface area contributed by atoms with E-state index in [-0.39, 0.29) is 18.5 Å². The molecule has 0 bridgehead atoms. The van der Waals surface area contributed by atoms with Crippen LogP contribution in [0.5, 0.6) is 5.75 Å². The second-order valence-electron chi connectivity index (χ2n) is 6.59. The first-order chi connectivity index (χ1) is 13.4. The molecule has 0 aliphatic carbocycles. The summed E-state index contributed by atoms with van der Waals surface area (Å²) in [4.78, 5) is 28.3. The Balaban J connectivity index is 1.72. The minimum absolute atomic E-state index is 0.0804. The van der Waals surface area contributed by atoms with E-state index in [0.717, 1.165) is 11.3 Å². The lowest BCUT2D eigenvalue weighted by molar-refractivity contribution is -0.122. The topological polar surface area (TPSA) is 91.0 Å². The maximum absolute atomic E-state index is 12.4. The number of amides is 1. The van der Waals surface area contributed by atoms with Gasteiger partial charge in [-0.05, 0) is 39.0 Å². The Bertz CT molecular complexity index is 1050. The van der Waals surface area contributed by atoms with Gasteiger partial charge in [-0.15, -0.1) is 0 Å². The van der Waals surface area contributed by atoms with E-state index >= 15 is 0 Å². The Kier molecular flexibility index (Phi) is 5.58. The molecule has 0 aliphatic heterocycles. The molecule has 1 aromatic carbocycles. The molecule has 28 heavy (non-hydrogen) atoms. The van der Waals surface area contributed by atoms with Crippen LogP contribution in [0.25, 0.3) is 5.69 Å². The number of methoxy groups -OCH3 is 1. The van der Waals surface area contributed by atoms with E-state index in [1.807, 2.05) is 37.4 Å². The zero-order chi connectivity index (χ0) is 20.3. The summed E-state index contributed by atoms with van der Waals surface area (Å²) >= 11 is 0. The third-order valence-corrected chi connectivity index (χ3v) is 4.46. The van der Waals surface area contributed by atoms with Crippen LogP contribution in [0.2, 0.25) is 0 Å². The molecule has 2 heterocycles. The van der Waals surface area contributed by atoms with Crippen molar-refractivity contribution in [2.75, 3.05) is 7.11 Å². The number of nitrogens with one attached hydrogen (secondary N) is 1. The molecule has 3 aromatic rings. The minimum Gasteiger partial charge on any atom is -0.494 e. The van der Waals surface area contributed by atoms with Gasteiger partial charge in [0, 0.05) is 23.1 Å². The van der Waals surface area contributed by atoms with Crippen molar-refractivity contribution >= 4 is 5.91 Å². The highest BCUT2D eigenvalue weighted by molar-refractivity contribution is 5.76. The molecule has 0 spiro atoms. The summed E-state index contributed by atoms with van der Waals surface area (Å²) in [6.07, 6.45) is 3.54. The summed E-state index contributed by atoms with van der Waals surface area (Å²) < 4.78 is 8.42. The monoisotopic (exact) mass is 381 g/mol. The van der Waals surface area contributed by atoms with Crippen LogP contribution in [0.1, 0.15) is 29.9 Å². The van der Waals surface area contributed by atoms with Crippen LogP contribution in [-0.2, 0) is 11.3 Å². The van der Waals surface area contributed by atoms with Crippen molar-refractivity contribution in [1.29, 1.82) is 0 Å². The number of nitrogens with zero attached hydrogens (tertiary/aromatic N) is 4. The van der Waals surface area contributed by atoms with Crippen LogP contribution >= 0.6 is 0 Å². The number of aromatic nitrogens is 4. The first kappa shape index (κ1) is 19.3. The molecular weight excluding hydrogens is 358 g/mol. The van der Waals surface area contributed by atoms with E-state index in [9.17, 15) is 9.59 Å². The number of benzene rings is 1. The molecular formula is C20H23N5O3.